The fourth-order valence-electron chi connectivity index (χ4n) is 0.942. The SMILES string of the molecule is C=CC(C)NC(=O)c1ncccc1N. The van der Waals surface area contributed by atoms with Gasteiger partial charge in [-0.15, -0.1) is 6.58 Å². The lowest BCUT2D eigenvalue weighted by Gasteiger charge is -2.09. The zero-order valence-corrected chi connectivity index (χ0v) is 8.03. The first kappa shape index (κ1) is 10.2. The first-order chi connectivity index (χ1) is 6.65. The average molecular weight is 191 g/mol. The van der Waals surface area contributed by atoms with Crippen molar-refractivity contribution in [2.45, 2.75) is 13.0 Å². The van der Waals surface area contributed by atoms with Crippen LogP contribution in [0.15, 0.2) is 31.0 Å². The summed E-state index contributed by atoms with van der Waals surface area (Å²) in [6, 6.07) is 3.23. The van der Waals surface area contributed by atoms with Crippen molar-refractivity contribution in [3.63, 3.8) is 0 Å². The van der Waals surface area contributed by atoms with Gasteiger partial charge in [-0.25, -0.2) is 4.98 Å². The fraction of sp³-hybridized carbons (Fsp3) is 0.200. The molecule has 4 nitrogen and oxygen atoms in total. The highest BCUT2D eigenvalue weighted by atomic mass is 16.1. The van der Waals surface area contributed by atoms with Gasteiger partial charge >= 0.3 is 0 Å². The highest BCUT2D eigenvalue weighted by Gasteiger charge is 2.11. The van der Waals surface area contributed by atoms with Gasteiger partial charge < -0.3 is 11.1 Å². The van der Waals surface area contributed by atoms with Gasteiger partial charge in [0.25, 0.3) is 5.91 Å². The van der Waals surface area contributed by atoms with Crippen molar-refractivity contribution in [1.82, 2.24) is 10.3 Å². The number of nitrogen functional groups attached to an aromatic ring is 1. The van der Waals surface area contributed by atoms with Crippen LogP contribution in [-0.4, -0.2) is 16.9 Å². The van der Waals surface area contributed by atoms with E-state index < -0.39 is 0 Å². The second-order valence-corrected chi connectivity index (χ2v) is 2.94. The van der Waals surface area contributed by atoms with Gasteiger partial charge in [0.2, 0.25) is 0 Å². The number of hydrogen-bond donors (Lipinski definition) is 2. The number of aromatic nitrogens is 1. The third-order valence-electron chi connectivity index (χ3n) is 1.77. The average Bonchev–Trinajstić information content (AvgIpc) is 2.18. The van der Waals surface area contributed by atoms with Gasteiger partial charge in [-0.3, -0.25) is 4.79 Å². The minimum atomic E-state index is -0.282. The molecule has 0 aliphatic heterocycles. The zero-order chi connectivity index (χ0) is 10.6. The second kappa shape index (κ2) is 4.41. The summed E-state index contributed by atoms with van der Waals surface area (Å²) in [6.45, 7) is 5.39. The Labute approximate surface area is 82.8 Å². The molecule has 0 fully saturated rings. The lowest BCUT2D eigenvalue weighted by atomic mass is 10.2. The summed E-state index contributed by atoms with van der Waals surface area (Å²) < 4.78 is 0. The van der Waals surface area contributed by atoms with E-state index in [0.29, 0.717) is 5.69 Å². The van der Waals surface area contributed by atoms with Gasteiger partial charge in [0.1, 0.15) is 0 Å². The molecule has 1 aromatic rings. The number of amides is 1. The number of carbonyl (C=O) groups excluding carboxylic acids is 1. The molecule has 14 heavy (non-hydrogen) atoms. The van der Waals surface area contributed by atoms with E-state index in [0.717, 1.165) is 0 Å². The van der Waals surface area contributed by atoms with Crippen molar-refractivity contribution in [1.29, 1.82) is 0 Å². The number of nitrogens with one attached hydrogen (secondary N) is 1. The minimum Gasteiger partial charge on any atom is -0.397 e. The van der Waals surface area contributed by atoms with E-state index in [9.17, 15) is 4.79 Å². The maximum Gasteiger partial charge on any atom is 0.272 e. The minimum absolute atomic E-state index is 0.0936. The topological polar surface area (TPSA) is 68.0 Å². The van der Waals surface area contributed by atoms with Crippen molar-refractivity contribution >= 4 is 11.6 Å². The molecule has 4 heteroatoms. The summed E-state index contributed by atoms with van der Waals surface area (Å²) in [5.74, 6) is -0.282. The van der Waals surface area contributed by atoms with Crippen LogP contribution in [0.4, 0.5) is 5.69 Å². The first-order valence-electron chi connectivity index (χ1n) is 4.29. The number of carbonyl (C=O) groups is 1. The summed E-state index contributed by atoms with van der Waals surface area (Å²) >= 11 is 0. The van der Waals surface area contributed by atoms with E-state index in [1.807, 2.05) is 6.92 Å². The number of anilines is 1. The number of nitrogens with two attached hydrogens (primary N) is 1. The van der Waals surface area contributed by atoms with Gasteiger partial charge in [0.15, 0.2) is 5.69 Å². The van der Waals surface area contributed by atoms with E-state index in [2.05, 4.69) is 16.9 Å². The molecule has 0 aliphatic carbocycles. The summed E-state index contributed by atoms with van der Waals surface area (Å²) in [5, 5.41) is 2.69. The second-order valence-electron chi connectivity index (χ2n) is 2.94. The predicted octanol–water partition coefficient (Wildman–Crippen LogP) is 0.968. The molecule has 0 bridgehead atoms. The van der Waals surface area contributed by atoms with Gasteiger partial charge in [-0.1, -0.05) is 6.08 Å². The van der Waals surface area contributed by atoms with Crippen LogP contribution in [0.5, 0.6) is 0 Å². The third-order valence-corrected chi connectivity index (χ3v) is 1.77. The Hall–Kier alpha value is -1.84. The van der Waals surface area contributed by atoms with Crippen LogP contribution in [0.2, 0.25) is 0 Å². The normalized spacial score (nSPS) is 11.8. The Bertz CT molecular complexity index is 349. The highest BCUT2D eigenvalue weighted by molar-refractivity contribution is 5.97. The number of hydrogen-bond acceptors (Lipinski definition) is 3. The van der Waals surface area contributed by atoms with Gasteiger partial charge in [0, 0.05) is 12.2 Å². The van der Waals surface area contributed by atoms with Crippen LogP contribution in [0.1, 0.15) is 17.4 Å². The Balaban J connectivity index is 2.80. The van der Waals surface area contributed by atoms with Crippen molar-refractivity contribution in [2.24, 2.45) is 0 Å². The quantitative estimate of drug-likeness (QED) is 0.699. The van der Waals surface area contributed by atoms with E-state index in [1.165, 1.54) is 6.20 Å². The van der Waals surface area contributed by atoms with Crippen LogP contribution in [-0.2, 0) is 0 Å². The number of pyridine rings is 1. The molecule has 0 radical (unpaired) electrons. The molecule has 0 saturated carbocycles. The lowest BCUT2D eigenvalue weighted by molar-refractivity contribution is 0.0943. The maximum atomic E-state index is 11.5. The van der Waals surface area contributed by atoms with Gasteiger partial charge in [-0.2, -0.15) is 0 Å². The standard InChI is InChI=1S/C10H13N3O/c1-3-7(2)13-10(14)9-8(11)5-4-6-12-9/h3-7H,1,11H2,2H3,(H,13,14). The summed E-state index contributed by atoms with van der Waals surface area (Å²) in [5.41, 5.74) is 6.22. The van der Waals surface area contributed by atoms with Crippen LogP contribution in [0.3, 0.4) is 0 Å². The summed E-state index contributed by atoms with van der Waals surface area (Å²) in [6.07, 6.45) is 3.17. The molecular weight excluding hydrogens is 178 g/mol. The highest BCUT2D eigenvalue weighted by Crippen LogP contribution is 2.06. The number of nitrogens with zero attached hydrogens (tertiary/aromatic N) is 1. The predicted molar refractivity (Wildman–Crippen MR) is 55.8 cm³/mol. The molecule has 0 aromatic carbocycles. The van der Waals surface area contributed by atoms with Crippen molar-refractivity contribution < 1.29 is 4.79 Å². The zero-order valence-electron chi connectivity index (χ0n) is 8.03. The molecule has 3 N–H and O–H groups in total. The third kappa shape index (κ3) is 2.32. The summed E-state index contributed by atoms with van der Waals surface area (Å²) in [7, 11) is 0. The van der Waals surface area contributed by atoms with Crippen LogP contribution < -0.4 is 11.1 Å². The molecule has 74 valence electrons. The van der Waals surface area contributed by atoms with E-state index >= 15 is 0 Å². The van der Waals surface area contributed by atoms with Crippen LogP contribution in [0.25, 0.3) is 0 Å². The fourth-order valence-corrected chi connectivity index (χ4v) is 0.942. The Morgan fingerprint density at radius 1 is 1.79 bits per heavy atom. The summed E-state index contributed by atoms with van der Waals surface area (Å²) in [4.78, 5) is 15.4. The monoisotopic (exact) mass is 191 g/mol. The first-order valence-corrected chi connectivity index (χ1v) is 4.29. The largest absolute Gasteiger partial charge is 0.397 e. The molecule has 1 aromatic heterocycles. The maximum absolute atomic E-state index is 11.5. The molecule has 1 amide bonds. The van der Waals surface area contributed by atoms with Crippen LogP contribution in [0, 0.1) is 0 Å². The van der Waals surface area contributed by atoms with Crippen molar-refractivity contribution in [3.8, 4) is 0 Å². The molecule has 0 spiro atoms. The molecule has 1 rings (SSSR count). The lowest BCUT2D eigenvalue weighted by Crippen LogP contribution is -2.32. The molecule has 0 saturated heterocycles. The Morgan fingerprint density at radius 2 is 2.50 bits per heavy atom. The van der Waals surface area contributed by atoms with Crippen molar-refractivity contribution in [3.05, 3.63) is 36.7 Å². The molecule has 1 unspecified atom stereocenters. The molecular formula is C10H13N3O. The van der Waals surface area contributed by atoms with Gasteiger partial charge in [0.05, 0.1) is 5.69 Å². The Kier molecular flexibility index (Phi) is 3.23. The smallest absolute Gasteiger partial charge is 0.272 e. The molecule has 1 heterocycles. The van der Waals surface area contributed by atoms with E-state index in [4.69, 9.17) is 5.73 Å². The van der Waals surface area contributed by atoms with Crippen molar-refractivity contribution in [2.75, 3.05) is 5.73 Å². The van der Waals surface area contributed by atoms with E-state index in [1.54, 1.807) is 18.2 Å². The molecule has 0 aliphatic rings. The van der Waals surface area contributed by atoms with E-state index in [-0.39, 0.29) is 17.6 Å². The molecule has 1 atom stereocenters. The van der Waals surface area contributed by atoms with Gasteiger partial charge in [-0.05, 0) is 19.1 Å². The Morgan fingerprint density at radius 3 is 3.07 bits per heavy atom. The number of rotatable bonds is 3. The van der Waals surface area contributed by atoms with Crippen LogP contribution >= 0.6 is 0 Å².